The Bertz CT molecular complexity index is 4250. The van der Waals surface area contributed by atoms with Crippen LogP contribution in [0.2, 0.25) is 0 Å². The Morgan fingerprint density at radius 2 is 0.537 bits per heavy atom. The van der Waals surface area contributed by atoms with Gasteiger partial charge in [-0.25, -0.2) is 8.42 Å². The molecule has 0 saturated heterocycles. The van der Waals surface area contributed by atoms with Crippen LogP contribution < -0.4 is 14.5 Å². The molecule has 0 N–H and O–H groups in total. The molecule has 376 valence electrons. The Hall–Kier alpha value is -10.0. The van der Waals surface area contributed by atoms with Crippen molar-refractivity contribution in [2.75, 3.05) is 9.80 Å². The maximum atomic E-state index is 14.4. The third-order valence-electron chi connectivity index (χ3n) is 17.7. The highest BCUT2D eigenvalue weighted by atomic mass is 32.2. The van der Waals surface area contributed by atoms with Crippen LogP contribution in [0, 0.1) is 0 Å². The normalized spacial score (nSPS) is 15.2. The molecule has 0 aromatic heterocycles. The highest BCUT2D eigenvalue weighted by Crippen LogP contribution is 2.65. The fourth-order valence-corrected chi connectivity index (χ4v) is 16.0. The van der Waals surface area contributed by atoms with E-state index in [4.69, 9.17) is 4.74 Å². The molecule has 2 aliphatic carbocycles. The van der Waals surface area contributed by atoms with Gasteiger partial charge in [-0.2, -0.15) is 0 Å². The van der Waals surface area contributed by atoms with Crippen LogP contribution in [0.25, 0.3) is 44.5 Å². The second-order valence-electron chi connectivity index (χ2n) is 21.4. The second kappa shape index (κ2) is 16.5. The smallest absolute Gasteiger partial charge is 0.213 e. The van der Waals surface area contributed by atoms with E-state index in [9.17, 15) is 8.42 Å². The summed E-state index contributed by atoms with van der Waals surface area (Å²) in [5, 5.41) is 0. The van der Waals surface area contributed by atoms with Crippen molar-refractivity contribution in [3.05, 3.63) is 324 Å². The molecule has 5 aliphatic rings. The minimum absolute atomic E-state index is 0.154. The lowest BCUT2D eigenvalue weighted by Gasteiger charge is -2.45. The molecule has 80 heavy (non-hydrogen) atoms. The minimum atomic E-state index is -3.89. The molecule has 5 nitrogen and oxygen atoms in total. The quantitative estimate of drug-likeness (QED) is 0.176. The zero-order chi connectivity index (χ0) is 52.9. The monoisotopic (exact) mass is 1040 g/mol. The molecule has 12 aromatic rings. The van der Waals surface area contributed by atoms with Gasteiger partial charge in [-0.15, -0.1) is 0 Å². The summed E-state index contributed by atoms with van der Waals surface area (Å²) in [5.74, 6) is 0.612. The summed E-state index contributed by atoms with van der Waals surface area (Å²) in [7, 11) is -3.89. The van der Waals surface area contributed by atoms with E-state index < -0.39 is 20.7 Å². The van der Waals surface area contributed by atoms with E-state index in [0.29, 0.717) is 11.5 Å². The molecule has 2 spiro atoms. The minimum Gasteiger partial charge on any atom is -0.455 e. The van der Waals surface area contributed by atoms with Crippen molar-refractivity contribution in [1.82, 2.24) is 0 Å². The largest absolute Gasteiger partial charge is 0.455 e. The fraction of sp³-hybridized carbons (Fsp3) is 0.0270. The van der Waals surface area contributed by atoms with Crippen LogP contribution in [0.3, 0.4) is 0 Å². The highest BCUT2D eigenvalue weighted by Gasteiger charge is 2.53. The van der Waals surface area contributed by atoms with E-state index in [2.05, 4.69) is 252 Å². The number of hydrogen-bond donors (Lipinski definition) is 0. The van der Waals surface area contributed by atoms with Gasteiger partial charge in [-0.1, -0.05) is 206 Å². The first-order valence-electron chi connectivity index (χ1n) is 27.2. The van der Waals surface area contributed by atoms with Crippen LogP contribution in [-0.2, 0) is 20.7 Å². The number of nitrogens with zero attached hydrogens (tertiary/aromatic N) is 2. The molecule has 12 aromatic carbocycles. The lowest BCUT2D eigenvalue weighted by atomic mass is 9.64. The van der Waals surface area contributed by atoms with E-state index >= 15 is 0 Å². The van der Waals surface area contributed by atoms with Crippen molar-refractivity contribution in [3.63, 3.8) is 0 Å². The Balaban J connectivity index is 0.692. The summed E-state index contributed by atoms with van der Waals surface area (Å²) in [5.41, 5.74) is 24.4. The predicted octanol–water partition coefficient (Wildman–Crippen LogP) is 18.3. The van der Waals surface area contributed by atoms with Gasteiger partial charge in [-0.3, -0.25) is 0 Å². The maximum Gasteiger partial charge on any atom is 0.213 e. The number of benzene rings is 12. The predicted molar refractivity (Wildman–Crippen MR) is 320 cm³/mol. The van der Waals surface area contributed by atoms with Gasteiger partial charge in [0.25, 0.3) is 0 Å². The lowest BCUT2D eigenvalue weighted by Crippen LogP contribution is -2.36. The first kappa shape index (κ1) is 45.1. The van der Waals surface area contributed by atoms with Gasteiger partial charge in [0, 0.05) is 11.4 Å². The van der Waals surface area contributed by atoms with Crippen LogP contribution in [0.5, 0.6) is 11.5 Å². The van der Waals surface area contributed by atoms with Crippen molar-refractivity contribution in [3.8, 4) is 56.0 Å². The summed E-state index contributed by atoms with van der Waals surface area (Å²) in [6.45, 7) is 0. The molecule has 6 heteroatoms. The van der Waals surface area contributed by atoms with E-state index in [1.807, 2.05) is 24.3 Å². The van der Waals surface area contributed by atoms with E-state index in [0.717, 1.165) is 56.4 Å². The summed E-state index contributed by atoms with van der Waals surface area (Å²) in [6, 6.07) is 98.7. The Kier molecular flexibility index (Phi) is 9.30. The highest BCUT2D eigenvalue weighted by molar-refractivity contribution is 7.91. The zero-order valence-electron chi connectivity index (χ0n) is 43.1. The maximum absolute atomic E-state index is 14.4. The molecule has 0 saturated carbocycles. The Labute approximate surface area is 464 Å². The second-order valence-corrected chi connectivity index (χ2v) is 23.3. The van der Waals surface area contributed by atoms with Crippen LogP contribution in [-0.4, -0.2) is 8.42 Å². The number of hydrogen-bond acceptors (Lipinski definition) is 5. The van der Waals surface area contributed by atoms with E-state index in [-0.39, 0.29) is 9.79 Å². The van der Waals surface area contributed by atoms with Crippen LogP contribution in [0.4, 0.5) is 34.1 Å². The molecule has 0 amide bonds. The van der Waals surface area contributed by atoms with Crippen LogP contribution in [0.15, 0.2) is 289 Å². The van der Waals surface area contributed by atoms with Crippen molar-refractivity contribution in [1.29, 1.82) is 0 Å². The lowest BCUT2D eigenvalue weighted by molar-refractivity contribution is 0.443. The Morgan fingerprint density at radius 1 is 0.275 bits per heavy atom. The first-order valence-corrected chi connectivity index (χ1v) is 28.7. The van der Waals surface area contributed by atoms with Gasteiger partial charge in [0.1, 0.15) is 21.3 Å². The molecule has 3 aliphatic heterocycles. The van der Waals surface area contributed by atoms with Crippen LogP contribution in [0.1, 0.15) is 44.5 Å². The van der Waals surface area contributed by atoms with Gasteiger partial charge < -0.3 is 14.5 Å². The van der Waals surface area contributed by atoms with Gasteiger partial charge >= 0.3 is 0 Å². The molecule has 17 rings (SSSR count). The van der Waals surface area contributed by atoms with Crippen molar-refractivity contribution in [2.24, 2.45) is 0 Å². The van der Waals surface area contributed by atoms with Gasteiger partial charge in [0.15, 0.2) is 0 Å². The summed E-state index contributed by atoms with van der Waals surface area (Å²) in [6.07, 6.45) is 0. The average molecular weight is 1040 g/mol. The Morgan fingerprint density at radius 3 is 0.850 bits per heavy atom. The van der Waals surface area contributed by atoms with Gasteiger partial charge in [0.2, 0.25) is 9.84 Å². The van der Waals surface area contributed by atoms with Gasteiger partial charge in [0.05, 0.1) is 33.6 Å². The van der Waals surface area contributed by atoms with Crippen molar-refractivity contribution in [2.45, 2.75) is 20.6 Å². The molecular weight excluding hydrogens is 997 g/mol. The molecular formula is C74H46N2O3S. The molecule has 0 bridgehead atoms. The zero-order valence-corrected chi connectivity index (χ0v) is 43.9. The molecule has 0 unspecified atom stereocenters. The van der Waals surface area contributed by atoms with Gasteiger partial charge in [-0.05, 0) is 162 Å². The number of rotatable bonds is 4. The number of ether oxygens (including phenoxy) is 1. The average Bonchev–Trinajstić information content (AvgIpc) is 2.55. The summed E-state index contributed by atoms with van der Waals surface area (Å²) >= 11 is 0. The number of fused-ring (bicyclic) bond motifs is 20. The van der Waals surface area contributed by atoms with E-state index in [1.54, 1.807) is 12.1 Å². The topological polar surface area (TPSA) is 49.9 Å². The van der Waals surface area contributed by atoms with E-state index in [1.165, 1.54) is 66.8 Å². The van der Waals surface area contributed by atoms with Crippen molar-refractivity contribution < 1.29 is 13.2 Å². The number of para-hydroxylation sites is 4. The fourth-order valence-electron chi connectivity index (χ4n) is 14.5. The third-order valence-corrected chi connectivity index (χ3v) is 19.5. The molecule has 0 fully saturated rings. The number of sulfone groups is 1. The molecule has 3 heterocycles. The molecule has 0 radical (unpaired) electrons. The third kappa shape index (κ3) is 5.87. The SMILES string of the molecule is O=S1(=O)c2ccc(-c3ccc(N4c5ccccc5C5(c6ccccc6-c6ccccc65)c5ccccc54)cc3)cc2Oc2cc(-c3ccc(N4c5ccccc5C5(c6ccccc6-c6ccccc65)c5ccccc54)cc3)ccc21. The van der Waals surface area contributed by atoms with Crippen molar-refractivity contribution >= 4 is 44.0 Å². The summed E-state index contributed by atoms with van der Waals surface area (Å²) < 4.78 is 35.4. The standard InChI is InChI=1S/C74H46N2O3S/c77-80(78)71-43-37-49(47-33-39-51(40-34-47)75-65-29-13-9-25-61(65)73(62-26-10-14-30-66(62)75)57-21-5-1-17-53(57)54-18-2-6-22-58(54)73)45-69(71)79-70-46-50(38-44-72(70)80)48-35-41-52(42-36-48)76-67-31-15-11-27-63(67)74(64-28-12-16-32-68(64)76)59-23-7-3-19-55(59)56-20-4-8-24-60(56)74/h1-46H. The first-order chi connectivity index (χ1) is 39.4. The summed E-state index contributed by atoms with van der Waals surface area (Å²) in [4.78, 5) is 5.06. The van der Waals surface area contributed by atoms with Crippen LogP contribution >= 0.6 is 0 Å². The number of anilines is 6. The molecule has 0 atom stereocenters.